The van der Waals surface area contributed by atoms with E-state index < -0.39 is 0 Å². The topological polar surface area (TPSA) is 38.0 Å². The van der Waals surface area contributed by atoms with E-state index in [1.165, 1.54) is 5.56 Å². The van der Waals surface area contributed by atoms with Gasteiger partial charge in [0.2, 0.25) is 5.88 Å². The summed E-state index contributed by atoms with van der Waals surface area (Å²) in [6.07, 6.45) is 3.05. The van der Waals surface area contributed by atoms with Crippen molar-refractivity contribution in [2.45, 2.75) is 53.0 Å². The van der Waals surface area contributed by atoms with E-state index in [-0.39, 0.29) is 6.04 Å². The molecule has 1 aromatic carbocycles. The van der Waals surface area contributed by atoms with Crippen LogP contribution in [0.1, 0.15) is 50.8 Å². The number of rotatable bonds is 5. The predicted molar refractivity (Wildman–Crippen MR) is 83.1 cm³/mol. The Morgan fingerprint density at radius 1 is 1.25 bits per heavy atom. The first kappa shape index (κ1) is 14.6. The molecule has 0 saturated carbocycles. The minimum atomic E-state index is 0.160. The normalized spacial score (nSPS) is 11.2. The molecule has 1 N–H and O–H groups in total. The predicted octanol–water partition coefficient (Wildman–Crippen LogP) is 4.49. The van der Waals surface area contributed by atoms with Crippen molar-refractivity contribution in [1.29, 1.82) is 0 Å². The van der Waals surface area contributed by atoms with E-state index in [0.29, 0.717) is 5.88 Å². The van der Waals surface area contributed by atoms with Gasteiger partial charge >= 0.3 is 0 Å². The molecule has 3 heteroatoms. The molecule has 2 aromatic rings. The van der Waals surface area contributed by atoms with E-state index in [1.54, 1.807) is 4.68 Å². The molecule has 20 heavy (non-hydrogen) atoms. The third-order valence-electron chi connectivity index (χ3n) is 3.65. The average Bonchev–Trinajstić information content (AvgIpc) is 2.74. The van der Waals surface area contributed by atoms with Gasteiger partial charge in [-0.05, 0) is 39.2 Å². The van der Waals surface area contributed by atoms with E-state index in [4.69, 9.17) is 0 Å². The number of aromatic nitrogens is 2. The Balaban J connectivity index is 2.56. The first-order chi connectivity index (χ1) is 9.56. The standard InChI is InChI=1S/C17H24N2O/c1-5-6-10-15-16(14-11-8-7-9-13(14)4)18-19(12(2)3)17(15)20/h7-9,11-12,20H,5-6,10H2,1-4H3. The number of unbranched alkanes of at least 4 members (excludes halogenated alkanes) is 1. The van der Waals surface area contributed by atoms with Gasteiger partial charge in [0.15, 0.2) is 0 Å². The number of hydrogen-bond acceptors (Lipinski definition) is 2. The summed E-state index contributed by atoms with van der Waals surface area (Å²) < 4.78 is 1.73. The van der Waals surface area contributed by atoms with E-state index >= 15 is 0 Å². The van der Waals surface area contributed by atoms with Crippen molar-refractivity contribution in [2.75, 3.05) is 0 Å². The van der Waals surface area contributed by atoms with Crippen LogP contribution in [0.3, 0.4) is 0 Å². The van der Waals surface area contributed by atoms with Crippen LogP contribution >= 0.6 is 0 Å². The van der Waals surface area contributed by atoms with Gasteiger partial charge in [-0.3, -0.25) is 0 Å². The van der Waals surface area contributed by atoms with E-state index in [9.17, 15) is 5.11 Å². The largest absolute Gasteiger partial charge is 0.493 e. The van der Waals surface area contributed by atoms with Gasteiger partial charge in [0.1, 0.15) is 0 Å². The zero-order valence-electron chi connectivity index (χ0n) is 12.8. The molecule has 2 rings (SSSR count). The van der Waals surface area contributed by atoms with Crippen LogP contribution in [-0.2, 0) is 6.42 Å². The van der Waals surface area contributed by atoms with Crippen LogP contribution in [-0.4, -0.2) is 14.9 Å². The van der Waals surface area contributed by atoms with E-state index in [1.807, 2.05) is 26.0 Å². The lowest BCUT2D eigenvalue weighted by Gasteiger charge is -2.06. The van der Waals surface area contributed by atoms with Crippen molar-refractivity contribution >= 4 is 0 Å². The molecular formula is C17H24N2O. The Kier molecular flexibility index (Phi) is 4.48. The number of aromatic hydroxyl groups is 1. The average molecular weight is 272 g/mol. The number of hydrogen-bond donors (Lipinski definition) is 1. The van der Waals surface area contributed by atoms with Crippen LogP contribution in [0.2, 0.25) is 0 Å². The van der Waals surface area contributed by atoms with Crippen molar-refractivity contribution < 1.29 is 5.11 Å². The molecule has 1 aromatic heterocycles. The Hall–Kier alpha value is -1.77. The minimum Gasteiger partial charge on any atom is -0.493 e. The van der Waals surface area contributed by atoms with Crippen molar-refractivity contribution in [3.8, 4) is 17.1 Å². The second kappa shape index (κ2) is 6.12. The van der Waals surface area contributed by atoms with Gasteiger partial charge in [-0.15, -0.1) is 0 Å². The molecule has 0 aliphatic rings. The highest BCUT2D eigenvalue weighted by Gasteiger charge is 2.20. The van der Waals surface area contributed by atoms with Gasteiger partial charge in [-0.25, -0.2) is 4.68 Å². The fourth-order valence-corrected chi connectivity index (χ4v) is 2.46. The summed E-state index contributed by atoms with van der Waals surface area (Å²) in [4.78, 5) is 0. The van der Waals surface area contributed by atoms with Gasteiger partial charge in [0.05, 0.1) is 11.7 Å². The van der Waals surface area contributed by atoms with Crippen molar-refractivity contribution in [3.05, 3.63) is 35.4 Å². The molecule has 3 nitrogen and oxygen atoms in total. The molecule has 108 valence electrons. The lowest BCUT2D eigenvalue weighted by Crippen LogP contribution is -2.02. The Bertz CT molecular complexity index is 585. The second-order valence-corrected chi connectivity index (χ2v) is 5.61. The molecule has 0 bridgehead atoms. The lowest BCUT2D eigenvalue weighted by molar-refractivity contribution is 0.373. The van der Waals surface area contributed by atoms with E-state index in [0.717, 1.165) is 36.1 Å². The molecule has 0 aliphatic heterocycles. The molecule has 0 spiro atoms. The highest BCUT2D eigenvalue weighted by Crippen LogP contribution is 2.34. The van der Waals surface area contributed by atoms with Gasteiger partial charge in [0.25, 0.3) is 0 Å². The molecule has 0 fully saturated rings. The fraction of sp³-hybridized carbons (Fsp3) is 0.471. The van der Waals surface area contributed by atoms with E-state index in [2.05, 4.69) is 31.1 Å². The molecule has 1 heterocycles. The quantitative estimate of drug-likeness (QED) is 0.871. The zero-order chi connectivity index (χ0) is 14.7. The van der Waals surface area contributed by atoms with Crippen LogP contribution < -0.4 is 0 Å². The third kappa shape index (κ3) is 2.72. The highest BCUT2D eigenvalue weighted by atomic mass is 16.3. The first-order valence-electron chi connectivity index (χ1n) is 7.42. The summed E-state index contributed by atoms with van der Waals surface area (Å²) in [5.41, 5.74) is 4.23. The monoisotopic (exact) mass is 272 g/mol. The highest BCUT2D eigenvalue weighted by molar-refractivity contribution is 5.68. The molecular weight excluding hydrogens is 248 g/mol. The van der Waals surface area contributed by atoms with Crippen LogP contribution in [0.25, 0.3) is 11.3 Å². The van der Waals surface area contributed by atoms with Crippen molar-refractivity contribution in [2.24, 2.45) is 0 Å². The maximum absolute atomic E-state index is 10.5. The molecule has 0 saturated heterocycles. The fourth-order valence-electron chi connectivity index (χ4n) is 2.46. The van der Waals surface area contributed by atoms with Crippen LogP contribution in [0, 0.1) is 6.92 Å². The maximum Gasteiger partial charge on any atom is 0.213 e. The second-order valence-electron chi connectivity index (χ2n) is 5.61. The van der Waals surface area contributed by atoms with Crippen molar-refractivity contribution in [3.63, 3.8) is 0 Å². The number of benzene rings is 1. The van der Waals surface area contributed by atoms with Crippen LogP contribution in [0.4, 0.5) is 0 Å². The Morgan fingerprint density at radius 2 is 1.95 bits per heavy atom. The number of aryl methyl sites for hydroxylation is 1. The van der Waals surface area contributed by atoms with Gasteiger partial charge in [0, 0.05) is 11.1 Å². The SMILES string of the molecule is CCCCc1c(-c2ccccc2C)nn(C(C)C)c1O. The number of nitrogens with zero attached hydrogens (tertiary/aromatic N) is 2. The van der Waals surface area contributed by atoms with Gasteiger partial charge in [-0.2, -0.15) is 5.10 Å². The molecule has 0 atom stereocenters. The first-order valence-corrected chi connectivity index (χ1v) is 7.42. The van der Waals surface area contributed by atoms with Gasteiger partial charge in [-0.1, -0.05) is 37.6 Å². The van der Waals surface area contributed by atoms with Crippen LogP contribution in [0.15, 0.2) is 24.3 Å². The van der Waals surface area contributed by atoms with Crippen LogP contribution in [0.5, 0.6) is 5.88 Å². The third-order valence-corrected chi connectivity index (χ3v) is 3.65. The zero-order valence-corrected chi connectivity index (χ0v) is 12.8. The Morgan fingerprint density at radius 3 is 2.55 bits per heavy atom. The lowest BCUT2D eigenvalue weighted by atomic mass is 10.00. The molecule has 0 unspecified atom stereocenters. The summed E-state index contributed by atoms with van der Waals surface area (Å²) in [6.45, 7) is 8.33. The van der Waals surface area contributed by atoms with Gasteiger partial charge < -0.3 is 5.11 Å². The van der Waals surface area contributed by atoms with Crippen molar-refractivity contribution in [1.82, 2.24) is 9.78 Å². The summed E-state index contributed by atoms with van der Waals surface area (Å²) in [5, 5.41) is 15.1. The summed E-state index contributed by atoms with van der Waals surface area (Å²) in [5.74, 6) is 0.326. The smallest absolute Gasteiger partial charge is 0.213 e. The summed E-state index contributed by atoms with van der Waals surface area (Å²) >= 11 is 0. The Labute approximate surface area is 121 Å². The molecule has 0 aliphatic carbocycles. The summed E-state index contributed by atoms with van der Waals surface area (Å²) in [7, 11) is 0. The maximum atomic E-state index is 10.5. The minimum absolute atomic E-state index is 0.160. The molecule has 0 amide bonds. The summed E-state index contributed by atoms with van der Waals surface area (Å²) in [6, 6.07) is 8.39. The molecule has 0 radical (unpaired) electrons.